The first kappa shape index (κ1) is 56.2. The third-order valence-electron chi connectivity index (χ3n) is 1.54. The van der Waals surface area contributed by atoms with Gasteiger partial charge in [-0.25, -0.2) is 0 Å². The first-order valence-corrected chi connectivity index (χ1v) is 6.18. The van der Waals surface area contributed by atoms with Gasteiger partial charge in [0, 0.05) is 50.2 Å². The van der Waals surface area contributed by atoms with E-state index in [1.165, 1.54) is 0 Å². The molecule has 152 valence electrons. The van der Waals surface area contributed by atoms with E-state index in [-0.39, 0.29) is 38.1 Å². The van der Waals surface area contributed by atoms with Crippen molar-refractivity contribution in [2.45, 2.75) is 39.8 Å². The molecule has 10 heteroatoms. The average Bonchev–Trinajstić information content (AvgIpc) is 3.30. The van der Waals surface area contributed by atoms with Crippen LogP contribution in [0.4, 0.5) is 0 Å². The van der Waals surface area contributed by atoms with Crippen molar-refractivity contribution in [2.75, 3.05) is 0 Å². The second-order valence-electron chi connectivity index (χ2n) is 3.32. The molecule has 1 rings (SSSR count). The van der Waals surface area contributed by atoms with Crippen molar-refractivity contribution in [3.8, 4) is 0 Å². The number of rotatable bonds is 2. The molecule has 0 fully saturated rings. The molecule has 7 nitrogen and oxygen atoms in total. The Morgan fingerprint density at radius 1 is 0.778 bits per heavy atom. The topological polar surface area (TPSA) is 120 Å². The van der Waals surface area contributed by atoms with Gasteiger partial charge in [0.05, 0.1) is 0 Å². The van der Waals surface area contributed by atoms with E-state index in [1.54, 1.807) is 6.07 Å². The first-order chi connectivity index (χ1) is 12.1. The van der Waals surface area contributed by atoms with E-state index < -0.39 is 0 Å². The minimum absolute atomic E-state index is 0. The summed E-state index contributed by atoms with van der Waals surface area (Å²) in [5.74, 6) is 0. The van der Waals surface area contributed by atoms with Crippen LogP contribution in [0.15, 0.2) is 6.07 Å². The van der Waals surface area contributed by atoms with Gasteiger partial charge < -0.3 is 35.1 Å². The zero-order valence-electron chi connectivity index (χ0n) is 15.0. The normalized spacial score (nSPS) is 5.56. The number of hydrogen-bond acceptors (Lipinski definition) is 2. The summed E-state index contributed by atoms with van der Waals surface area (Å²) in [6.07, 6.45) is 0. The van der Waals surface area contributed by atoms with Crippen molar-refractivity contribution >= 4 is 16.2 Å². The second-order valence-corrected chi connectivity index (χ2v) is 3.91. The maximum atomic E-state index is 7.75. The summed E-state index contributed by atoms with van der Waals surface area (Å²) in [6, 6.07) is 13.3. The van der Waals surface area contributed by atoms with E-state index in [0.717, 1.165) is 0 Å². The molecule has 0 bridgehead atoms. The fourth-order valence-electron chi connectivity index (χ4n) is 0.777. The van der Waals surface area contributed by atoms with Gasteiger partial charge in [0.15, 0.2) is 0 Å². The molecular formula is C17H18FeNO6PW-6. The van der Waals surface area contributed by atoms with Crippen LogP contribution >= 0.6 is 9.39 Å². The smallest absolute Gasteiger partial charge is 0 e. The van der Waals surface area contributed by atoms with Gasteiger partial charge in [-0.2, -0.15) is 0 Å². The van der Waals surface area contributed by atoms with E-state index in [0.29, 0.717) is 12.1 Å². The van der Waals surface area contributed by atoms with Crippen LogP contribution in [-0.4, -0.2) is 23.5 Å². The number of hydrogen-bond donors (Lipinski definition) is 0. The minimum Gasteiger partial charge on any atom is -0.999 e. The van der Waals surface area contributed by atoms with Crippen LogP contribution < -0.4 is 0 Å². The van der Waals surface area contributed by atoms with Crippen molar-refractivity contribution < 1.29 is 66.2 Å². The summed E-state index contributed by atoms with van der Waals surface area (Å²) in [7, 11) is 2.72. The molecule has 0 aliphatic carbocycles. The number of nitrogens with zero attached hydrogens (tertiary/aromatic N) is 1. The molecule has 0 spiro atoms. The van der Waals surface area contributed by atoms with Crippen LogP contribution in [0.25, 0.3) is 0 Å². The van der Waals surface area contributed by atoms with Gasteiger partial charge >= 0.3 is 56.5 Å². The summed E-state index contributed by atoms with van der Waals surface area (Å²) in [6.45, 7) is 34.5. The maximum Gasteiger partial charge on any atom is 0 e. The predicted octanol–water partition coefficient (Wildman–Crippen LogP) is 2.03. The van der Waals surface area contributed by atoms with Gasteiger partial charge in [-0.3, -0.25) is 11.5 Å². The van der Waals surface area contributed by atoms with Crippen LogP contribution in [0.3, 0.4) is 0 Å². The molecule has 0 radical (unpaired) electrons. The van der Waals surface area contributed by atoms with Gasteiger partial charge in [0.1, 0.15) is 0 Å². The summed E-state index contributed by atoms with van der Waals surface area (Å²) < 4.78 is 39.8. The van der Waals surface area contributed by atoms with Crippen LogP contribution in [0.1, 0.15) is 27.7 Å². The van der Waals surface area contributed by atoms with Crippen molar-refractivity contribution in [1.82, 2.24) is 4.67 Å². The van der Waals surface area contributed by atoms with Gasteiger partial charge in [-0.1, -0.05) is 9.39 Å². The summed E-state index contributed by atoms with van der Waals surface area (Å²) in [4.78, 5) is 7.75. The molecule has 27 heavy (non-hydrogen) atoms. The molecule has 0 heterocycles. The van der Waals surface area contributed by atoms with E-state index in [2.05, 4.69) is 106 Å². The van der Waals surface area contributed by atoms with E-state index >= 15 is 0 Å². The van der Waals surface area contributed by atoms with Gasteiger partial charge in [-0.15, -0.1) is 0 Å². The molecular weight excluding hydrogens is 585 g/mol. The van der Waals surface area contributed by atoms with Crippen molar-refractivity contribution in [1.29, 1.82) is 0 Å². The van der Waals surface area contributed by atoms with Crippen LogP contribution in [0.2, 0.25) is 0 Å². The third-order valence-corrected chi connectivity index (χ3v) is 2.74. The van der Waals surface area contributed by atoms with Crippen molar-refractivity contribution in [3.05, 3.63) is 63.6 Å². The zero-order chi connectivity index (χ0) is 22.3. The molecule has 1 unspecified atom stereocenters. The second kappa shape index (κ2) is 84.4. The molecule has 0 amide bonds. The Kier molecular flexibility index (Phi) is 176. The molecule has 1 aromatic carbocycles. The van der Waals surface area contributed by atoms with E-state index in [4.69, 9.17) is 28.1 Å². The molecule has 0 N–H and O–H groups in total. The van der Waals surface area contributed by atoms with E-state index in [9.17, 15) is 0 Å². The SMILES string of the molecule is CC(C)N(P)C(C)C.[C-]#[O+].[C-]#[O+].[C-]#[O+].[C-]#[O+].[C-]#[O+].[CH-]=O.[Fe].[W].[c-]1[c-][c-][cH-][c-]1. The Balaban J connectivity index is -0.0000000215. The maximum absolute atomic E-state index is 7.75. The Hall–Kier alpha value is -0.682. The fraction of sp³-hybridized carbons (Fsp3) is 0.353. The Morgan fingerprint density at radius 3 is 1.00 bits per heavy atom. The summed E-state index contributed by atoms with van der Waals surface area (Å²) in [5.41, 5.74) is 0. The molecule has 0 aliphatic rings. The van der Waals surface area contributed by atoms with Crippen molar-refractivity contribution in [2.24, 2.45) is 0 Å². The standard InChI is InChI=1S/C6H16NP.C5H.CHO.5CO.Fe.W/c1-5(2)7(8)6(3)4;1-2-4-5-3-1;6*1-2;;/h5-6H,8H2,1-4H3;1H;1H;;;;;;;/q;-5;-1;;;;;;;. The molecule has 1 aromatic rings. The van der Waals surface area contributed by atoms with Gasteiger partial charge in [0.2, 0.25) is 0 Å². The summed E-state index contributed by atoms with van der Waals surface area (Å²) in [5, 5.41) is 0. The Morgan fingerprint density at radius 2 is 0.963 bits per heavy atom. The molecule has 0 aliphatic heterocycles. The third kappa shape index (κ3) is 90.7. The Bertz CT molecular complexity index is 332. The molecule has 0 saturated heterocycles. The molecule has 1 atom stereocenters. The monoisotopic (exact) mass is 603 g/mol. The van der Waals surface area contributed by atoms with Crippen LogP contribution in [-0.2, 0) is 66.2 Å². The van der Waals surface area contributed by atoms with Gasteiger partial charge in [-0.05, 0) is 27.7 Å². The number of carbonyl (C=O) groups excluding carboxylic acids is 1. The predicted molar refractivity (Wildman–Crippen MR) is 85.6 cm³/mol. The molecule has 0 aromatic heterocycles. The zero-order valence-corrected chi connectivity index (χ0v) is 20.2. The van der Waals surface area contributed by atoms with E-state index in [1.807, 2.05) is 0 Å². The molecule has 0 saturated carbocycles. The summed E-state index contributed by atoms with van der Waals surface area (Å²) >= 11 is 0. The average molecular weight is 603 g/mol. The van der Waals surface area contributed by atoms with Crippen LogP contribution in [0.5, 0.6) is 0 Å². The first-order valence-electron chi connectivity index (χ1n) is 5.67. The largest absolute Gasteiger partial charge is 0.999 e. The fourth-order valence-corrected chi connectivity index (χ4v) is 0.777. The van der Waals surface area contributed by atoms with Crippen molar-refractivity contribution in [3.63, 3.8) is 0 Å². The van der Waals surface area contributed by atoms with Gasteiger partial charge in [0.25, 0.3) is 0 Å². The quantitative estimate of drug-likeness (QED) is 0.169. The van der Waals surface area contributed by atoms with Crippen LogP contribution in [0, 0.1) is 57.5 Å². The minimum atomic E-state index is 0. The Labute approximate surface area is 190 Å².